The van der Waals surface area contributed by atoms with Gasteiger partial charge in [0.1, 0.15) is 0 Å². The van der Waals surface area contributed by atoms with Gasteiger partial charge in [-0.2, -0.15) is 0 Å². The summed E-state index contributed by atoms with van der Waals surface area (Å²) in [6.07, 6.45) is 4.05. The third-order valence-corrected chi connectivity index (χ3v) is 4.28. The first kappa shape index (κ1) is 12.5. The molecule has 0 bridgehead atoms. The molecule has 1 aliphatic carbocycles. The smallest absolute Gasteiger partial charge is 0.0678 e. The molecule has 2 aromatic rings. The van der Waals surface area contributed by atoms with E-state index in [0.717, 1.165) is 19.4 Å². The van der Waals surface area contributed by atoms with E-state index in [1.165, 1.54) is 16.8 Å². The highest BCUT2D eigenvalue weighted by Gasteiger charge is 2.37. The summed E-state index contributed by atoms with van der Waals surface area (Å²) < 4.78 is 2.11. The number of hydrogen-bond donors (Lipinski definition) is 2. The number of aliphatic hydroxyl groups is 1. The van der Waals surface area contributed by atoms with Crippen LogP contribution in [0.5, 0.6) is 0 Å². The van der Waals surface area contributed by atoms with E-state index in [9.17, 15) is 5.11 Å². The molecular weight excluding hydrogens is 236 g/mol. The average molecular weight is 256 g/mol. The molecule has 0 fully saturated rings. The number of aryl methyl sites for hydroxylation is 2. The first-order valence-electron chi connectivity index (χ1n) is 6.80. The number of hydrogen-bond acceptors (Lipinski definition) is 2. The molecule has 0 saturated heterocycles. The van der Waals surface area contributed by atoms with Crippen molar-refractivity contribution in [2.24, 2.45) is 7.05 Å². The second-order valence-electron chi connectivity index (χ2n) is 5.36. The molecule has 0 amide bonds. The first-order chi connectivity index (χ1) is 9.25. The van der Waals surface area contributed by atoms with E-state index in [1.54, 1.807) is 0 Å². The summed E-state index contributed by atoms with van der Waals surface area (Å²) in [6.45, 7) is 0.923. The summed E-state index contributed by atoms with van der Waals surface area (Å²) >= 11 is 0. The Hall–Kier alpha value is -1.58. The molecule has 0 radical (unpaired) electrons. The van der Waals surface area contributed by atoms with E-state index in [0.29, 0.717) is 0 Å². The zero-order valence-corrected chi connectivity index (χ0v) is 11.3. The number of aliphatic hydroxyl groups excluding tert-OH is 1. The van der Waals surface area contributed by atoms with Crippen molar-refractivity contribution in [2.75, 3.05) is 6.61 Å². The number of benzene rings is 1. The summed E-state index contributed by atoms with van der Waals surface area (Å²) in [7, 11) is 2.05. The van der Waals surface area contributed by atoms with Gasteiger partial charge in [0.2, 0.25) is 0 Å². The van der Waals surface area contributed by atoms with Crippen LogP contribution in [0.2, 0.25) is 0 Å². The van der Waals surface area contributed by atoms with E-state index in [4.69, 9.17) is 0 Å². The van der Waals surface area contributed by atoms with Crippen LogP contribution in [0.25, 0.3) is 0 Å². The average Bonchev–Trinajstić information content (AvgIpc) is 3.01. The van der Waals surface area contributed by atoms with Crippen molar-refractivity contribution in [1.82, 2.24) is 9.88 Å². The van der Waals surface area contributed by atoms with Gasteiger partial charge in [-0.15, -0.1) is 0 Å². The van der Waals surface area contributed by atoms with E-state index in [2.05, 4.69) is 40.2 Å². The van der Waals surface area contributed by atoms with Crippen molar-refractivity contribution in [3.63, 3.8) is 0 Å². The Labute approximate surface area is 113 Å². The second kappa shape index (κ2) is 4.83. The van der Waals surface area contributed by atoms with Crippen molar-refractivity contribution in [3.05, 3.63) is 59.4 Å². The van der Waals surface area contributed by atoms with Crippen molar-refractivity contribution in [1.29, 1.82) is 0 Å². The van der Waals surface area contributed by atoms with Gasteiger partial charge in [0, 0.05) is 25.5 Å². The number of nitrogens with one attached hydrogen (secondary N) is 1. The maximum absolute atomic E-state index is 9.89. The molecule has 1 aromatic heterocycles. The van der Waals surface area contributed by atoms with Gasteiger partial charge in [0.05, 0.1) is 12.1 Å². The molecule has 3 rings (SSSR count). The van der Waals surface area contributed by atoms with Crippen LogP contribution in [0.4, 0.5) is 0 Å². The predicted octanol–water partition coefficient (Wildman–Crippen LogP) is 1.95. The van der Waals surface area contributed by atoms with Crippen LogP contribution in [0, 0.1) is 0 Å². The van der Waals surface area contributed by atoms with Crippen LogP contribution in [0.1, 0.15) is 23.2 Å². The van der Waals surface area contributed by atoms with Gasteiger partial charge in [0.15, 0.2) is 0 Å². The van der Waals surface area contributed by atoms with Crippen LogP contribution in [-0.4, -0.2) is 16.3 Å². The molecule has 0 unspecified atom stereocenters. The van der Waals surface area contributed by atoms with Crippen LogP contribution in [-0.2, 0) is 25.6 Å². The van der Waals surface area contributed by atoms with Crippen molar-refractivity contribution in [3.8, 4) is 0 Å². The zero-order chi connectivity index (χ0) is 13.3. The van der Waals surface area contributed by atoms with Gasteiger partial charge < -0.3 is 9.67 Å². The minimum absolute atomic E-state index is 0.147. The Morgan fingerprint density at radius 1 is 1.26 bits per heavy atom. The van der Waals surface area contributed by atoms with E-state index in [1.807, 2.05) is 19.3 Å². The summed E-state index contributed by atoms with van der Waals surface area (Å²) in [4.78, 5) is 0. The van der Waals surface area contributed by atoms with E-state index >= 15 is 0 Å². The zero-order valence-electron chi connectivity index (χ0n) is 11.3. The third-order valence-electron chi connectivity index (χ3n) is 4.28. The van der Waals surface area contributed by atoms with Crippen LogP contribution in [0.15, 0.2) is 42.6 Å². The van der Waals surface area contributed by atoms with Crippen molar-refractivity contribution >= 4 is 0 Å². The van der Waals surface area contributed by atoms with Gasteiger partial charge >= 0.3 is 0 Å². The lowest BCUT2D eigenvalue weighted by molar-refractivity contribution is 0.158. The molecule has 0 spiro atoms. The Morgan fingerprint density at radius 2 is 2.11 bits per heavy atom. The maximum Gasteiger partial charge on any atom is 0.0678 e. The fourth-order valence-electron chi connectivity index (χ4n) is 3.03. The second-order valence-corrected chi connectivity index (χ2v) is 5.36. The Balaban J connectivity index is 1.84. The molecule has 1 aromatic carbocycles. The first-order valence-corrected chi connectivity index (χ1v) is 6.80. The fourth-order valence-corrected chi connectivity index (χ4v) is 3.03. The quantitative estimate of drug-likeness (QED) is 0.877. The monoisotopic (exact) mass is 256 g/mol. The highest BCUT2D eigenvalue weighted by atomic mass is 16.3. The highest BCUT2D eigenvalue weighted by molar-refractivity contribution is 5.39. The summed E-state index contributed by atoms with van der Waals surface area (Å²) in [5.74, 6) is 0. The summed E-state index contributed by atoms with van der Waals surface area (Å²) in [6, 6.07) is 12.6. The fraction of sp³-hybridized carbons (Fsp3) is 0.375. The lowest BCUT2D eigenvalue weighted by atomic mass is 9.92. The molecule has 3 nitrogen and oxygen atoms in total. The van der Waals surface area contributed by atoms with Crippen LogP contribution >= 0.6 is 0 Å². The van der Waals surface area contributed by atoms with Gasteiger partial charge in [-0.3, -0.25) is 5.32 Å². The number of nitrogens with zero attached hydrogens (tertiary/aromatic N) is 1. The van der Waals surface area contributed by atoms with Crippen LogP contribution < -0.4 is 5.32 Å². The minimum atomic E-state index is -0.277. The normalized spacial score (nSPS) is 21.6. The van der Waals surface area contributed by atoms with Crippen molar-refractivity contribution in [2.45, 2.75) is 24.9 Å². The molecule has 1 aliphatic rings. The maximum atomic E-state index is 9.89. The summed E-state index contributed by atoms with van der Waals surface area (Å²) in [5, 5.41) is 13.5. The van der Waals surface area contributed by atoms with Crippen LogP contribution in [0.3, 0.4) is 0 Å². The molecule has 1 heterocycles. The molecule has 19 heavy (non-hydrogen) atoms. The largest absolute Gasteiger partial charge is 0.394 e. The topological polar surface area (TPSA) is 37.2 Å². The number of rotatable bonds is 4. The lowest BCUT2D eigenvalue weighted by Gasteiger charge is -2.30. The molecule has 0 saturated carbocycles. The molecule has 1 atom stereocenters. The molecule has 2 N–H and O–H groups in total. The summed E-state index contributed by atoms with van der Waals surface area (Å²) in [5.41, 5.74) is 3.57. The molecule has 0 aliphatic heterocycles. The van der Waals surface area contributed by atoms with Gasteiger partial charge in [0.25, 0.3) is 0 Å². The number of aromatic nitrogens is 1. The third kappa shape index (κ3) is 2.09. The van der Waals surface area contributed by atoms with Gasteiger partial charge in [-0.25, -0.2) is 0 Å². The minimum Gasteiger partial charge on any atom is -0.394 e. The SMILES string of the molecule is Cn1cccc1CN[C@]1(CO)CCc2ccccc21. The predicted molar refractivity (Wildman–Crippen MR) is 75.8 cm³/mol. The Bertz CT molecular complexity index is 576. The molecular formula is C16H20N2O. The van der Waals surface area contributed by atoms with E-state index in [-0.39, 0.29) is 12.1 Å². The van der Waals surface area contributed by atoms with Gasteiger partial charge in [-0.1, -0.05) is 24.3 Å². The molecule has 3 heteroatoms. The Kier molecular flexibility index (Phi) is 3.17. The van der Waals surface area contributed by atoms with E-state index < -0.39 is 0 Å². The number of fused-ring (bicyclic) bond motifs is 1. The Morgan fingerprint density at radius 3 is 2.84 bits per heavy atom. The lowest BCUT2D eigenvalue weighted by Crippen LogP contribution is -2.43. The molecule has 100 valence electrons. The van der Waals surface area contributed by atoms with Crippen molar-refractivity contribution < 1.29 is 5.11 Å². The highest BCUT2D eigenvalue weighted by Crippen LogP contribution is 2.36. The van der Waals surface area contributed by atoms with Gasteiger partial charge in [-0.05, 0) is 36.1 Å². The standard InChI is InChI=1S/C16H20N2O/c1-18-10-4-6-14(18)11-17-16(12-19)9-8-13-5-2-3-7-15(13)16/h2-7,10,17,19H,8-9,11-12H2,1H3/t16-/m0/s1.